The quantitative estimate of drug-likeness (QED) is 0.904. The van der Waals surface area contributed by atoms with Crippen molar-refractivity contribution in [3.05, 3.63) is 42.5 Å². The summed E-state index contributed by atoms with van der Waals surface area (Å²) in [5.41, 5.74) is 0.150. The molecular weight excluding hydrogens is 332 g/mol. The van der Waals surface area contributed by atoms with Crippen LogP contribution in [0.25, 0.3) is 10.8 Å². The summed E-state index contributed by atoms with van der Waals surface area (Å²) < 4.78 is 27.9. The highest BCUT2D eigenvalue weighted by atomic mass is 35.5. The smallest absolute Gasteiger partial charge is 0.243 e. The Balaban J connectivity index is 0.00000156. The highest BCUT2D eigenvalue weighted by Crippen LogP contribution is 2.39. The normalized spacial score (nSPS) is 25.0. The maximum absolute atomic E-state index is 13.1. The van der Waals surface area contributed by atoms with Crippen LogP contribution in [0.1, 0.15) is 12.8 Å². The maximum Gasteiger partial charge on any atom is 0.243 e. The van der Waals surface area contributed by atoms with Gasteiger partial charge in [0.05, 0.1) is 4.90 Å². The van der Waals surface area contributed by atoms with Gasteiger partial charge in [0.15, 0.2) is 0 Å². The fourth-order valence-corrected chi connectivity index (χ4v) is 5.57. The van der Waals surface area contributed by atoms with Gasteiger partial charge in [-0.2, -0.15) is 4.31 Å². The average Bonchev–Trinajstić information content (AvgIpc) is 3.17. The van der Waals surface area contributed by atoms with Gasteiger partial charge in [-0.25, -0.2) is 8.42 Å². The summed E-state index contributed by atoms with van der Waals surface area (Å²) in [5.74, 6) is 0. The van der Waals surface area contributed by atoms with E-state index in [1.807, 2.05) is 36.4 Å². The van der Waals surface area contributed by atoms with Gasteiger partial charge < -0.3 is 5.32 Å². The van der Waals surface area contributed by atoms with E-state index in [9.17, 15) is 8.42 Å². The monoisotopic (exact) mass is 352 g/mol. The van der Waals surface area contributed by atoms with Gasteiger partial charge in [-0.05, 0) is 36.3 Å². The molecule has 1 spiro atoms. The lowest BCUT2D eigenvalue weighted by molar-refractivity contribution is 0.338. The first kappa shape index (κ1) is 16.7. The molecule has 0 bridgehead atoms. The molecule has 0 saturated carbocycles. The van der Waals surface area contributed by atoms with Gasteiger partial charge >= 0.3 is 0 Å². The van der Waals surface area contributed by atoms with Crippen molar-refractivity contribution < 1.29 is 8.42 Å². The molecule has 2 saturated heterocycles. The zero-order chi connectivity index (χ0) is 15.2. The second kappa shape index (κ2) is 6.06. The first-order valence-electron chi connectivity index (χ1n) is 7.80. The van der Waals surface area contributed by atoms with E-state index in [0.717, 1.165) is 36.7 Å². The van der Waals surface area contributed by atoms with Crippen LogP contribution < -0.4 is 5.32 Å². The summed E-state index contributed by atoms with van der Waals surface area (Å²) in [5, 5.41) is 5.16. The molecule has 0 radical (unpaired) electrons. The van der Waals surface area contributed by atoms with Crippen molar-refractivity contribution in [1.29, 1.82) is 0 Å². The molecule has 2 aromatic carbocycles. The van der Waals surface area contributed by atoms with E-state index in [2.05, 4.69) is 5.32 Å². The minimum Gasteiger partial charge on any atom is -0.316 e. The average molecular weight is 353 g/mol. The molecular formula is C17H21ClN2O2S. The molecule has 23 heavy (non-hydrogen) atoms. The lowest BCUT2D eigenvalue weighted by atomic mass is 9.87. The summed E-state index contributed by atoms with van der Waals surface area (Å²) in [6.07, 6.45) is 2.04. The molecule has 1 unspecified atom stereocenters. The van der Waals surface area contributed by atoms with E-state index in [-0.39, 0.29) is 17.8 Å². The number of nitrogens with zero attached hydrogens (tertiary/aromatic N) is 1. The summed E-state index contributed by atoms with van der Waals surface area (Å²) in [4.78, 5) is 0.439. The van der Waals surface area contributed by atoms with Crippen molar-refractivity contribution in [1.82, 2.24) is 9.62 Å². The molecule has 2 fully saturated rings. The molecule has 1 N–H and O–H groups in total. The zero-order valence-corrected chi connectivity index (χ0v) is 14.5. The Labute approximate surface area is 143 Å². The predicted octanol–water partition coefficient (Wildman–Crippen LogP) is 2.64. The highest BCUT2D eigenvalue weighted by molar-refractivity contribution is 7.89. The second-order valence-corrected chi connectivity index (χ2v) is 8.40. The highest BCUT2D eigenvalue weighted by Gasteiger charge is 2.44. The van der Waals surface area contributed by atoms with Crippen LogP contribution in [-0.2, 0) is 10.0 Å². The fourth-order valence-electron chi connectivity index (χ4n) is 3.80. The van der Waals surface area contributed by atoms with Crippen molar-refractivity contribution in [2.45, 2.75) is 17.7 Å². The molecule has 2 heterocycles. The van der Waals surface area contributed by atoms with E-state index >= 15 is 0 Å². The number of halogens is 1. The van der Waals surface area contributed by atoms with Gasteiger partial charge in [-0.15, -0.1) is 12.4 Å². The number of benzene rings is 2. The summed E-state index contributed by atoms with van der Waals surface area (Å²) in [6.45, 7) is 3.22. The Kier molecular flexibility index (Phi) is 4.40. The maximum atomic E-state index is 13.1. The molecule has 2 aliphatic rings. The van der Waals surface area contributed by atoms with E-state index in [0.29, 0.717) is 18.0 Å². The summed E-state index contributed by atoms with van der Waals surface area (Å²) in [6, 6.07) is 13.2. The standard InChI is InChI=1S/C17H20N2O2S.ClH/c20-22(21,19-11-9-17(13-19)8-10-18-12-17)16-7-3-5-14-4-1-2-6-15(14)16;/h1-7,18H,8-13H2;1H. The SMILES string of the molecule is Cl.O=S(=O)(c1cccc2ccccc12)N1CCC2(CCNC2)C1. The number of rotatable bonds is 2. The molecule has 4 nitrogen and oxygen atoms in total. The molecule has 124 valence electrons. The van der Waals surface area contributed by atoms with Crippen molar-refractivity contribution in [2.75, 3.05) is 26.2 Å². The van der Waals surface area contributed by atoms with Crippen LogP contribution in [-0.4, -0.2) is 38.9 Å². The predicted molar refractivity (Wildman–Crippen MR) is 94.5 cm³/mol. The molecule has 0 amide bonds. The van der Waals surface area contributed by atoms with E-state index in [1.54, 1.807) is 10.4 Å². The van der Waals surface area contributed by atoms with Crippen LogP contribution in [0.15, 0.2) is 47.4 Å². The van der Waals surface area contributed by atoms with Crippen LogP contribution in [0.2, 0.25) is 0 Å². The van der Waals surface area contributed by atoms with Gasteiger partial charge in [0, 0.05) is 25.0 Å². The summed E-state index contributed by atoms with van der Waals surface area (Å²) in [7, 11) is -3.42. The summed E-state index contributed by atoms with van der Waals surface area (Å²) >= 11 is 0. The van der Waals surface area contributed by atoms with Crippen molar-refractivity contribution in [3.8, 4) is 0 Å². The Hall–Kier alpha value is -1.14. The van der Waals surface area contributed by atoms with Crippen molar-refractivity contribution >= 4 is 33.2 Å². The molecule has 0 aromatic heterocycles. The third-order valence-electron chi connectivity index (χ3n) is 5.10. The minimum absolute atomic E-state index is 0. The van der Waals surface area contributed by atoms with Crippen LogP contribution in [0.4, 0.5) is 0 Å². The molecule has 6 heteroatoms. The molecule has 1 atom stereocenters. The van der Waals surface area contributed by atoms with E-state index in [4.69, 9.17) is 0 Å². The number of sulfonamides is 1. The number of nitrogens with one attached hydrogen (secondary N) is 1. The van der Waals surface area contributed by atoms with Crippen molar-refractivity contribution in [2.24, 2.45) is 5.41 Å². The largest absolute Gasteiger partial charge is 0.316 e. The second-order valence-electron chi connectivity index (χ2n) is 6.49. The first-order valence-corrected chi connectivity index (χ1v) is 9.24. The number of hydrogen-bond donors (Lipinski definition) is 1. The molecule has 2 aliphatic heterocycles. The third-order valence-corrected chi connectivity index (χ3v) is 7.01. The third kappa shape index (κ3) is 2.76. The van der Waals surface area contributed by atoms with Crippen LogP contribution in [0, 0.1) is 5.41 Å². The fraction of sp³-hybridized carbons (Fsp3) is 0.412. The lowest BCUT2D eigenvalue weighted by Crippen LogP contribution is -2.33. The Morgan fingerprint density at radius 3 is 2.61 bits per heavy atom. The minimum atomic E-state index is -3.42. The molecule has 2 aromatic rings. The van der Waals surface area contributed by atoms with Gasteiger partial charge in [0.2, 0.25) is 10.0 Å². The van der Waals surface area contributed by atoms with Gasteiger partial charge in [0.1, 0.15) is 0 Å². The Morgan fingerprint density at radius 2 is 1.83 bits per heavy atom. The van der Waals surface area contributed by atoms with Gasteiger partial charge in [0.25, 0.3) is 0 Å². The zero-order valence-electron chi connectivity index (χ0n) is 12.9. The number of fused-ring (bicyclic) bond motifs is 1. The molecule has 4 rings (SSSR count). The van der Waals surface area contributed by atoms with Crippen LogP contribution in [0.3, 0.4) is 0 Å². The van der Waals surface area contributed by atoms with E-state index in [1.165, 1.54) is 0 Å². The van der Waals surface area contributed by atoms with E-state index < -0.39 is 10.0 Å². The van der Waals surface area contributed by atoms with Gasteiger partial charge in [-0.3, -0.25) is 0 Å². The lowest BCUT2D eigenvalue weighted by Gasteiger charge is -2.23. The Bertz CT molecular complexity index is 811. The Morgan fingerprint density at radius 1 is 1.04 bits per heavy atom. The topological polar surface area (TPSA) is 49.4 Å². The number of hydrogen-bond acceptors (Lipinski definition) is 3. The molecule has 0 aliphatic carbocycles. The van der Waals surface area contributed by atoms with Gasteiger partial charge in [-0.1, -0.05) is 36.4 Å². The van der Waals surface area contributed by atoms with Crippen LogP contribution >= 0.6 is 12.4 Å². The van der Waals surface area contributed by atoms with Crippen molar-refractivity contribution in [3.63, 3.8) is 0 Å². The van der Waals surface area contributed by atoms with Crippen LogP contribution in [0.5, 0.6) is 0 Å². The first-order chi connectivity index (χ1) is 10.6.